The average Bonchev–Trinajstić information content (AvgIpc) is 3.17. The van der Waals surface area contributed by atoms with Crippen LogP contribution in [0.1, 0.15) is 51.9 Å². The summed E-state index contributed by atoms with van der Waals surface area (Å²) in [6.07, 6.45) is 9.58. The van der Waals surface area contributed by atoms with Crippen molar-refractivity contribution in [3.05, 3.63) is 0 Å². The Hall–Kier alpha value is -0.120. The van der Waals surface area contributed by atoms with Crippen LogP contribution in [0.2, 0.25) is 0 Å². The van der Waals surface area contributed by atoms with E-state index in [1.807, 2.05) is 0 Å². The first-order chi connectivity index (χ1) is 8.80. The number of rotatable bonds is 6. The van der Waals surface area contributed by atoms with E-state index >= 15 is 0 Å². The molecule has 0 bridgehead atoms. The molecule has 0 unspecified atom stereocenters. The largest absolute Gasteiger partial charge is 0.376 e. The van der Waals surface area contributed by atoms with Gasteiger partial charge in [-0.1, -0.05) is 13.3 Å². The van der Waals surface area contributed by atoms with Gasteiger partial charge in [0.2, 0.25) is 0 Å². The van der Waals surface area contributed by atoms with E-state index in [4.69, 9.17) is 9.47 Å². The second-order valence-corrected chi connectivity index (χ2v) is 6.47. The Labute approximate surface area is 111 Å². The third kappa shape index (κ3) is 3.06. The zero-order chi connectivity index (χ0) is 12.4. The van der Waals surface area contributed by atoms with Gasteiger partial charge in [-0.15, -0.1) is 0 Å². The van der Waals surface area contributed by atoms with E-state index < -0.39 is 0 Å². The molecule has 1 aliphatic heterocycles. The van der Waals surface area contributed by atoms with Gasteiger partial charge in [0.1, 0.15) is 6.10 Å². The fourth-order valence-electron chi connectivity index (χ4n) is 3.20. The third-order valence-corrected chi connectivity index (χ3v) is 4.91. The fraction of sp³-hybridized carbons (Fsp3) is 1.00. The van der Waals surface area contributed by atoms with Crippen molar-refractivity contribution in [2.24, 2.45) is 5.92 Å². The molecule has 2 aliphatic carbocycles. The molecular weight excluding hydrogens is 226 g/mol. The summed E-state index contributed by atoms with van der Waals surface area (Å²) >= 11 is 0. The van der Waals surface area contributed by atoms with E-state index in [2.05, 4.69) is 12.2 Å². The average molecular weight is 253 g/mol. The highest BCUT2D eigenvalue weighted by Crippen LogP contribution is 2.38. The smallest absolute Gasteiger partial charge is 0.105 e. The standard InChI is InChI=1S/C15H27NO2/c1-2-12-5-7-15(8-6-12,11-16-13-3-4-13)18-14-9-17-10-14/h12-14,16H,2-11H2,1H3. The molecular formula is C15H27NO2. The van der Waals surface area contributed by atoms with Gasteiger partial charge in [0.05, 0.1) is 18.8 Å². The van der Waals surface area contributed by atoms with Crippen LogP contribution in [-0.4, -0.2) is 37.5 Å². The molecule has 1 N–H and O–H groups in total. The van der Waals surface area contributed by atoms with Crippen LogP contribution in [0.5, 0.6) is 0 Å². The molecule has 104 valence electrons. The number of nitrogens with one attached hydrogen (secondary N) is 1. The van der Waals surface area contributed by atoms with Crippen molar-refractivity contribution in [2.45, 2.75) is 69.6 Å². The lowest BCUT2D eigenvalue weighted by molar-refractivity contribution is -0.202. The van der Waals surface area contributed by atoms with Crippen molar-refractivity contribution < 1.29 is 9.47 Å². The topological polar surface area (TPSA) is 30.5 Å². The minimum absolute atomic E-state index is 0.114. The van der Waals surface area contributed by atoms with Gasteiger partial charge in [0.15, 0.2) is 0 Å². The van der Waals surface area contributed by atoms with Crippen molar-refractivity contribution in [1.29, 1.82) is 0 Å². The molecule has 0 radical (unpaired) electrons. The van der Waals surface area contributed by atoms with Crippen molar-refractivity contribution in [3.8, 4) is 0 Å². The van der Waals surface area contributed by atoms with Gasteiger partial charge in [-0.05, 0) is 44.4 Å². The van der Waals surface area contributed by atoms with E-state index in [1.54, 1.807) is 0 Å². The predicted octanol–water partition coefficient (Wildman–Crippen LogP) is 2.49. The molecule has 3 aliphatic rings. The van der Waals surface area contributed by atoms with Crippen LogP contribution >= 0.6 is 0 Å². The van der Waals surface area contributed by atoms with Crippen LogP contribution in [0.15, 0.2) is 0 Å². The quantitative estimate of drug-likeness (QED) is 0.789. The van der Waals surface area contributed by atoms with Crippen molar-refractivity contribution in [3.63, 3.8) is 0 Å². The van der Waals surface area contributed by atoms with Gasteiger partial charge in [-0.3, -0.25) is 0 Å². The first-order valence-electron chi connectivity index (χ1n) is 7.78. The molecule has 0 spiro atoms. The third-order valence-electron chi connectivity index (χ3n) is 4.91. The monoisotopic (exact) mass is 253 g/mol. The lowest BCUT2D eigenvalue weighted by Gasteiger charge is -2.44. The summed E-state index contributed by atoms with van der Waals surface area (Å²) in [5.74, 6) is 0.931. The van der Waals surface area contributed by atoms with Crippen LogP contribution < -0.4 is 5.32 Å². The Kier molecular flexibility index (Phi) is 3.92. The van der Waals surface area contributed by atoms with E-state index in [0.29, 0.717) is 6.10 Å². The maximum absolute atomic E-state index is 6.40. The molecule has 3 nitrogen and oxygen atoms in total. The van der Waals surface area contributed by atoms with Crippen LogP contribution in [-0.2, 0) is 9.47 Å². The molecule has 1 heterocycles. The summed E-state index contributed by atoms with van der Waals surface area (Å²) in [5, 5.41) is 3.69. The minimum atomic E-state index is 0.114. The van der Waals surface area contributed by atoms with Crippen LogP contribution in [0.3, 0.4) is 0 Å². The molecule has 0 atom stereocenters. The molecule has 0 amide bonds. The summed E-state index contributed by atoms with van der Waals surface area (Å²) < 4.78 is 11.7. The molecule has 3 rings (SSSR count). The zero-order valence-electron chi connectivity index (χ0n) is 11.6. The minimum Gasteiger partial charge on any atom is -0.376 e. The second-order valence-electron chi connectivity index (χ2n) is 6.47. The molecule has 3 heteroatoms. The maximum atomic E-state index is 6.40. The summed E-state index contributed by atoms with van der Waals surface area (Å²) in [6, 6.07) is 0.784. The van der Waals surface area contributed by atoms with Gasteiger partial charge < -0.3 is 14.8 Å². The Bertz CT molecular complexity index is 266. The zero-order valence-corrected chi connectivity index (χ0v) is 11.6. The Balaban J connectivity index is 1.55. The molecule has 2 saturated carbocycles. The van der Waals surface area contributed by atoms with E-state index in [9.17, 15) is 0 Å². The highest BCUT2D eigenvalue weighted by Gasteiger charge is 2.40. The lowest BCUT2D eigenvalue weighted by atomic mass is 9.77. The Morgan fingerprint density at radius 1 is 1.17 bits per heavy atom. The van der Waals surface area contributed by atoms with Crippen molar-refractivity contribution >= 4 is 0 Å². The SMILES string of the molecule is CCC1CCC(CNC2CC2)(OC2COC2)CC1. The van der Waals surface area contributed by atoms with E-state index in [-0.39, 0.29) is 5.60 Å². The first-order valence-corrected chi connectivity index (χ1v) is 7.78. The van der Waals surface area contributed by atoms with Gasteiger partial charge >= 0.3 is 0 Å². The fourth-order valence-corrected chi connectivity index (χ4v) is 3.20. The highest BCUT2D eigenvalue weighted by atomic mass is 16.6. The highest BCUT2D eigenvalue weighted by molar-refractivity contribution is 4.93. The Morgan fingerprint density at radius 3 is 2.39 bits per heavy atom. The van der Waals surface area contributed by atoms with E-state index in [0.717, 1.165) is 31.7 Å². The molecule has 0 aromatic heterocycles. The van der Waals surface area contributed by atoms with Crippen LogP contribution in [0.25, 0.3) is 0 Å². The van der Waals surface area contributed by atoms with Gasteiger partial charge in [-0.2, -0.15) is 0 Å². The van der Waals surface area contributed by atoms with Gasteiger partial charge in [0.25, 0.3) is 0 Å². The predicted molar refractivity (Wildman–Crippen MR) is 71.7 cm³/mol. The van der Waals surface area contributed by atoms with Crippen molar-refractivity contribution in [2.75, 3.05) is 19.8 Å². The van der Waals surface area contributed by atoms with Crippen LogP contribution in [0, 0.1) is 5.92 Å². The summed E-state index contributed by atoms with van der Waals surface area (Å²) in [4.78, 5) is 0. The van der Waals surface area contributed by atoms with Gasteiger partial charge in [0, 0.05) is 12.6 Å². The molecule has 1 saturated heterocycles. The number of ether oxygens (including phenoxy) is 2. The maximum Gasteiger partial charge on any atom is 0.105 e. The number of hydrogen-bond donors (Lipinski definition) is 1. The normalized spacial score (nSPS) is 37.5. The summed E-state index contributed by atoms with van der Waals surface area (Å²) in [6.45, 7) is 5.00. The van der Waals surface area contributed by atoms with Gasteiger partial charge in [-0.25, -0.2) is 0 Å². The molecule has 0 aromatic rings. The second kappa shape index (κ2) is 5.48. The molecule has 3 fully saturated rings. The molecule has 18 heavy (non-hydrogen) atoms. The van der Waals surface area contributed by atoms with Crippen molar-refractivity contribution in [1.82, 2.24) is 5.32 Å². The van der Waals surface area contributed by atoms with Crippen LogP contribution in [0.4, 0.5) is 0 Å². The Morgan fingerprint density at radius 2 is 1.89 bits per heavy atom. The summed E-state index contributed by atoms with van der Waals surface area (Å²) in [7, 11) is 0. The molecule has 0 aromatic carbocycles. The first kappa shape index (κ1) is 12.9. The van der Waals surface area contributed by atoms with E-state index in [1.165, 1.54) is 44.9 Å². The summed E-state index contributed by atoms with van der Waals surface area (Å²) in [5.41, 5.74) is 0.114. The number of hydrogen-bond acceptors (Lipinski definition) is 3. The lowest BCUT2D eigenvalue weighted by Crippen LogP contribution is -2.52.